The topological polar surface area (TPSA) is 136 Å². The molecule has 0 radical (unpaired) electrons. The first kappa shape index (κ1) is 25.9. The van der Waals surface area contributed by atoms with Gasteiger partial charge in [-0.05, 0) is 57.9 Å². The molecule has 9 nitrogen and oxygen atoms in total. The van der Waals surface area contributed by atoms with E-state index in [2.05, 4.69) is 22.5 Å². The number of nitrogens with one attached hydrogen (secondary N) is 2. The van der Waals surface area contributed by atoms with E-state index in [4.69, 9.17) is 15.0 Å². The van der Waals surface area contributed by atoms with Crippen molar-refractivity contribution in [2.24, 2.45) is 11.8 Å². The predicted molar refractivity (Wildman–Crippen MR) is 149 cm³/mol. The lowest BCUT2D eigenvalue weighted by Gasteiger charge is -2.28. The largest absolute Gasteiger partial charge is 0.396 e. The van der Waals surface area contributed by atoms with Gasteiger partial charge >= 0.3 is 0 Å². The number of aromatic nitrogens is 4. The van der Waals surface area contributed by atoms with E-state index in [1.165, 1.54) is 32.1 Å². The van der Waals surface area contributed by atoms with Crippen LogP contribution >= 0.6 is 11.3 Å². The zero-order valence-electron chi connectivity index (χ0n) is 22.1. The Bertz CT molecular complexity index is 1290. The summed E-state index contributed by atoms with van der Waals surface area (Å²) in [5, 5.41) is 38.7. The Morgan fingerprint density at radius 3 is 2.55 bits per heavy atom. The molecule has 3 fully saturated rings. The summed E-state index contributed by atoms with van der Waals surface area (Å²) in [6.45, 7) is 4.01. The molecule has 204 valence electrons. The van der Waals surface area contributed by atoms with Crippen LogP contribution in [0, 0.1) is 18.8 Å². The summed E-state index contributed by atoms with van der Waals surface area (Å²) >= 11 is 1.60. The Hall–Kier alpha value is -2.40. The molecule has 38 heavy (non-hydrogen) atoms. The molecule has 5 atom stereocenters. The summed E-state index contributed by atoms with van der Waals surface area (Å²) in [4.78, 5) is 19.4. The van der Waals surface area contributed by atoms with E-state index in [9.17, 15) is 15.3 Å². The monoisotopic (exact) mass is 538 g/mol. The zero-order valence-corrected chi connectivity index (χ0v) is 22.9. The van der Waals surface area contributed by atoms with E-state index in [0.717, 1.165) is 45.0 Å². The molecule has 10 heteroatoms. The molecule has 0 aliphatic heterocycles. The van der Waals surface area contributed by atoms with Gasteiger partial charge in [0.25, 0.3) is 0 Å². The minimum Gasteiger partial charge on any atom is -0.396 e. The molecule has 5 N–H and O–H groups in total. The van der Waals surface area contributed by atoms with Crippen molar-refractivity contribution >= 4 is 33.3 Å². The summed E-state index contributed by atoms with van der Waals surface area (Å²) in [7, 11) is 0. The Balaban J connectivity index is 1.37. The second kappa shape index (κ2) is 10.6. The average molecular weight is 539 g/mol. The highest BCUT2D eigenvalue weighted by molar-refractivity contribution is 7.21. The fourth-order valence-electron chi connectivity index (χ4n) is 6.22. The number of rotatable bonds is 8. The first-order valence-corrected chi connectivity index (χ1v) is 14.9. The fraction of sp³-hybridized carbons (Fsp3) is 0.643. The summed E-state index contributed by atoms with van der Waals surface area (Å²) in [5.41, 5.74) is 3.62. The second-order valence-electron chi connectivity index (χ2n) is 11.4. The zero-order chi connectivity index (χ0) is 26.4. The second-order valence-corrected chi connectivity index (χ2v) is 12.5. The molecule has 0 unspecified atom stereocenters. The van der Waals surface area contributed by atoms with Gasteiger partial charge in [-0.2, -0.15) is 4.98 Å². The molecule has 0 bridgehead atoms. The van der Waals surface area contributed by atoms with Crippen molar-refractivity contribution in [3.63, 3.8) is 0 Å². The lowest BCUT2D eigenvalue weighted by Crippen LogP contribution is -2.36. The van der Waals surface area contributed by atoms with Gasteiger partial charge in [-0.25, -0.2) is 9.97 Å². The number of anilines is 2. The minimum absolute atomic E-state index is 0.174. The first-order chi connectivity index (χ1) is 18.4. The van der Waals surface area contributed by atoms with Gasteiger partial charge in [0.2, 0.25) is 5.95 Å². The van der Waals surface area contributed by atoms with E-state index < -0.39 is 18.2 Å². The highest BCUT2D eigenvalue weighted by Gasteiger charge is 2.41. The maximum Gasteiger partial charge on any atom is 0.225 e. The van der Waals surface area contributed by atoms with Gasteiger partial charge in [-0.15, -0.1) is 11.3 Å². The number of fused-ring (bicyclic) bond motifs is 1. The van der Waals surface area contributed by atoms with Crippen molar-refractivity contribution in [1.29, 1.82) is 0 Å². The summed E-state index contributed by atoms with van der Waals surface area (Å²) in [5.74, 6) is 1.85. The third-order valence-corrected chi connectivity index (χ3v) is 9.71. The average Bonchev–Trinajstić information content (AvgIpc) is 3.62. The molecular formula is C28H38N6O3S. The van der Waals surface area contributed by atoms with Gasteiger partial charge < -0.3 is 26.0 Å². The van der Waals surface area contributed by atoms with Crippen LogP contribution in [-0.4, -0.2) is 66.2 Å². The van der Waals surface area contributed by atoms with Gasteiger partial charge in [0.05, 0.1) is 33.8 Å². The van der Waals surface area contributed by atoms with Crippen LogP contribution < -0.4 is 10.6 Å². The highest BCUT2D eigenvalue weighted by Crippen LogP contribution is 2.44. The van der Waals surface area contributed by atoms with Crippen molar-refractivity contribution in [2.75, 3.05) is 17.2 Å². The van der Waals surface area contributed by atoms with Crippen LogP contribution in [0.1, 0.15) is 75.6 Å². The third-order valence-electron chi connectivity index (χ3n) is 8.68. The number of aliphatic hydroxyl groups is 3. The third kappa shape index (κ3) is 4.99. The Labute approximate surface area is 227 Å². The van der Waals surface area contributed by atoms with E-state index >= 15 is 0 Å². The minimum atomic E-state index is -1.01. The maximum atomic E-state index is 10.8. The van der Waals surface area contributed by atoms with Crippen molar-refractivity contribution in [2.45, 2.75) is 95.4 Å². The number of aryl methyl sites for hydroxylation is 1. The SMILES string of the molecule is Cc1nc(N[C@H](C)C2CCCCC2)nc(N[C@@H]2C[C@H](CO)[C@@H](O)[C@H]2O)c1-c1nc2c(C3CC3)nccc2s1. The van der Waals surface area contributed by atoms with Crippen LogP contribution in [0.25, 0.3) is 20.8 Å². The standard InChI is InChI=1S/C28H38N6O3S/c1-14(16-6-4-3-5-7-16)30-28-31-15(2)21(26(34-28)32-19-12-18(13-35)24(36)25(19)37)27-33-23-20(38-27)10-11-29-22(23)17-8-9-17/h10-11,14,16-19,24-25,35-37H,3-9,12-13H2,1-2H3,(H2,30,31,32,34)/t14-,18-,19-,24-,25+/m1/s1. The number of hydrogen-bond acceptors (Lipinski definition) is 10. The number of nitrogens with zero attached hydrogens (tertiary/aromatic N) is 4. The van der Waals surface area contributed by atoms with Crippen LogP contribution in [0.15, 0.2) is 12.3 Å². The highest BCUT2D eigenvalue weighted by atomic mass is 32.1. The van der Waals surface area contributed by atoms with E-state index in [1.54, 1.807) is 11.3 Å². The molecule has 0 aromatic carbocycles. The molecule has 3 aliphatic rings. The number of pyridine rings is 1. The van der Waals surface area contributed by atoms with Crippen LogP contribution in [0.4, 0.5) is 11.8 Å². The van der Waals surface area contributed by atoms with Crippen LogP contribution in [0.2, 0.25) is 0 Å². The lowest BCUT2D eigenvalue weighted by molar-refractivity contribution is 0.00446. The van der Waals surface area contributed by atoms with Gasteiger partial charge in [0.15, 0.2) is 0 Å². The molecule has 6 rings (SSSR count). The van der Waals surface area contributed by atoms with Crippen molar-refractivity contribution < 1.29 is 15.3 Å². The molecule has 3 aromatic heterocycles. The quantitative estimate of drug-likeness (QED) is 0.285. The van der Waals surface area contributed by atoms with Crippen molar-refractivity contribution in [3.8, 4) is 10.6 Å². The van der Waals surface area contributed by atoms with Crippen molar-refractivity contribution in [3.05, 3.63) is 23.7 Å². The number of thiazole rings is 1. The molecule has 0 spiro atoms. The predicted octanol–water partition coefficient (Wildman–Crippen LogP) is 4.23. The van der Waals surface area contributed by atoms with Crippen LogP contribution in [-0.2, 0) is 0 Å². The smallest absolute Gasteiger partial charge is 0.225 e. The number of hydrogen-bond donors (Lipinski definition) is 5. The van der Waals surface area contributed by atoms with Gasteiger partial charge in [0.1, 0.15) is 22.4 Å². The summed E-state index contributed by atoms with van der Waals surface area (Å²) < 4.78 is 1.09. The molecule has 3 aliphatic carbocycles. The molecule has 0 amide bonds. The maximum absolute atomic E-state index is 10.8. The molecule has 3 saturated carbocycles. The summed E-state index contributed by atoms with van der Waals surface area (Å²) in [6, 6.07) is 1.81. The Morgan fingerprint density at radius 2 is 1.84 bits per heavy atom. The molecule has 3 aromatic rings. The van der Waals surface area contributed by atoms with Gasteiger partial charge in [0, 0.05) is 30.7 Å². The summed E-state index contributed by atoms with van der Waals surface area (Å²) in [6.07, 6.45) is 8.91. The molecule has 3 heterocycles. The molecular weight excluding hydrogens is 500 g/mol. The van der Waals surface area contributed by atoms with E-state index in [1.807, 2.05) is 19.2 Å². The Morgan fingerprint density at radius 1 is 1.05 bits per heavy atom. The number of aliphatic hydroxyl groups excluding tert-OH is 3. The van der Waals surface area contributed by atoms with E-state index in [0.29, 0.717) is 30.0 Å². The van der Waals surface area contributed by atoms with E-state index in [-0.39, 0.29) is 18.6 Å². The van der Waals surface area contributed by atoms with Gasteiger partial charge in [-0.1, -0.05) is 19.3 Å². The normalized spacial score (nSPS) is 27.1. The fourth-order valence-corrected chi connectivity index (χ4v) is 7.28. The van der Waals surface area contributed by atoms with Gasteiger partial charge in [-0.3, -0.25) is 4.98 Å². The lowest BCUT2D eigenvalue weighted by atomic mass is 9.85. The van der Waals surface area contributed by atoms with Crippen molar-refractivity contribution in [1.82, 2.24) is 19.9 Å². The molecule has 0 saturated heterocycles. The van der Waals surface area contributed by atoms with Crippen LogP contribution in [0.3, 0.4) is 0 Å². The van der Waals surface area contributed by atoms with Crippen LogP contribution in [0.5, 0.6) is 0 Å². The Kier molecular flexibility index (Phi) is 7.24. The first-order valence-electron chi connectivity index (χ1n) is 14.1.